The van der Waals surface area contributed by atoms with E-state index in [-0.39, 0.29) is 35.4 Å². The average molecular weight is 607 g/mol. The quantitative estimate of drug-likeness (QED) is 0.247. The number of carbonyl (C=O) groups excluding carboxylic acids is 2. The molecule has 0 radical (unpaired) electrons. The molecule has 0 atom stereocenters. The summed E-state index contributed by atoms with van der Waals surface area (Å²) in [5, 5.41) is 6.47. The summed E-state index contributed by atoms with van der Waals surface area (Å²) in [6.07, 6.45) is -3.31. The van der Waals surface area contributed by atoms with Crippen molar-refractivity contribution in [1.82, 2.24) is 19.8 Å². The van der Waals surface area contributed by atoms with E-state index in [0.717, 1.165) is 19.2 Å². The van der Waals surface area contributed by atoms with E-state index in [4.69, 9.17) is 4.74 Å². The van der Waals surface area contributed by atoms with Crippen LogP contribution in [0.5, 0.6) is 11.6 Å². The Labute approximate surface area is 253 Å². The lowest BCUT2D eigenvalue weighted by Crippen LogP contribution is -2.48. The predicted octanol–water partition coefficient (Wildman–Crippen LogP) is 6.18. The van der Waals surface area contributed by atoms with E-state index in [2.05, 4.69) is 39.3 Å². The van der Waals surface area contributed by atoms with E-state index in [9.17, 15) is 22.8 Å². The van der Waals surface area contributed by atoms with Crippen LogP contribution in [0.25, 0.3) is 10.8 Å². The summed E-state index contributed by atoms with van der Waals surface area (Å²) >= 11 is 0. The van der Waals surface area contributed by atoms with Crippen LogP contribution in [-0.4, -0.2) is 63.8 Å². The Hall–Kier alpha value is -4.55. The van der Waals surface area contributed by atoms with Crippen LogP contribution in [0.2, 0.25) is 0 Å². The summed E-state index contributed by atoms with van der Waals surface area (Å²) in [6.45, 7) is 8.79. The Morgan fingerprint density at radius 3 is 2.43 bits per heavy atom. The van der Waals surface area contributed by atoms with Gasteiger partial charge in [0.05, 0.1) is 5.56 Å². The van der Waals surface area contributed by atoms with Crippen LogP contribution in [0, 0.1) is 0 Å². The minimum atomic E-state index is -4.57. The molecule has 0 saturated carbocycles. The van der Waals surface area contributed by atoms with Gasteiger partial charge in [-0.1, -0.05) is 18.2 Å². The number of nitrogens with one attached hydrogen (secondary N) is 2. The van der Waals surface area contributed by atoms with Crippen molar-refractivity contribution in [1.29, 1.82) is 0 Å². The van der Waals surface area contributed by atoms with Gasteiger partial charge in [0.15, 0.2) is 0 Å². The maximum Gasteiger partial charge on any atom is 0.416 e. The highest BCUT2D eigenvalue weighted by molar-refractivity contribution is 6.13. The maximum absolute atomic E-state index is 14.1. The van der Waals surface area contributed by atoms with Crippen molar-refractivity contribution in [3.05, 3.63) is 83.7 Å². The van der Waals surface area contributed by atoms with Crippen molar-refractivity contribution in [3.8, 4) is 11.6 Å². The number of benzene rings is 3. The molecule has 230 valence electrons. The second kappa shape index (κ2) is 13.0. The van der Waals surface area contributed by atoms with Crippen molar-refractivity contribution < 1.29 is 27.5 Å². The second-order valence-electron chi connectivity index (χ2n) is 10.9. The maximum atomic E-state index is 14.1. The molecule has 0 unspecified atom stereocenters. The molecule has 2 N–H and O–H groups in total. The highest BCUT2D eigenvalue weighted by atomic mass is 19.4. The molecule has 1 fully saturated rings. The summed E-state index contributed by atoms with van der Waals surface area (Å²) < 4.78 is 48.2. The molecule has 1 aliphatic rings. The molecule has 0 aliphatic carbocycles. The van der Waals surface area contributed by atoms with E-state index in [1.54, 1.807) is 36.4 Å². The minimum absolute atomic E-state index is 0.0615. The standard InChI is InChI=1S/C32H33F3N6O3/c1-20(2)41-13-11-40(12-14-41)18-23-7-8-24(16-28(23)32(33,34)35)39-31(43)27-6-4-5-22-15-25(9-10-26(22)27)44-30-17-29(36-19-37-30)38-21(3)42/h4-10,15-17,19-20H,11-14,18H2,1-3H3,(H,39,43)(H,36,37,38,42). The topological polar surface area (TPSA) is 99.7 Å². The summed E-state index contributed by atoms with van der Waals surface area (Å²) in [5.41, 5.74) is -0.220. The third-order valence-corrected chi connectivity index (χ3v) is 7.47. The van der Waals surface area contributed by atoms with Gasteiger partial charge < -0.3 is 15.4 Å². The first-order chi connectivity index (χ1) is 21.0. The van der Waals surface area contributed by atoms with E-state index < -0.39 is 17.6 Å². The molecule has 5 rings (SSSR count). The third kappa shape index (κ3) is 7.50. The number of alkyl halides is 3. The number of amides is 2. The van der Waals surface area contributed by atoms with Crippen molar-refractivity contribution in [2.24, 2.45) is 0 Å². The molecule has 2 amide bonds. The first-order valence-electron chi connectivity index (χ1n) is 14.2. The molecule has 1 aliphatic heterocycles. The second-order valence-corrected chi connectivity index (χ2v) is 10.9. The lowest BCUT2D eigenvalue weighted by molar-refractivity contribution is -0.138. The number of carbonyl (C=O) groups is 2. The number of fused-ring (bicyclic) bond motifs is 1. The predicted molar refractivity (Wildman–Crippen MR) is 162 cm³/mol. The molecule has 2 heterocycles. The smallest absolute Gasteiger partial charge is 0.416 e. The fourth-order valence-electron chi connectivity index (χ4n) is 5.22. The molecule has 9 nitrogen and oxygen atoms in total. The van der Waals surface area contributed by atoms with Gasteiger partial charge in [-0.3, -0.25) is 19.4 Å². The summed E-state index contributed by atoms with van der Waals surface area (Å²) in [7, 11) is 0. The van der Waals surface area contributed by atoms with Gasteiger partial charge in [0.2, 0.25) is 11.8 Å². The summed E-state index contributed by atoms with van der Waals surface area (Å²) in [5.74, 6) is 0.101. The average Bonchev–Trinajstić information content (AvgIpc) is 2.97. The van der Waals surface area contributed by atoms with Crippen LogP contribution in [0.15, 0.2) is 67.0 Å². The molecule has 4 aromatic rings. The van der Waals surface area contributed by atoms with Gasteiger partial charge in [0.1, 0.15) is 17.9 Å². The molecular weight excluding hydrogens is 573 g/mol. The highest BCUT2D eigenvalue weighted by Crippen LogP contribution is 2.35. The van der Waals surface area contributed by atoms with Crippen molar-refractivity contribution in [3.63, 3.8) is 0 Å². The van der Waals surface area contributed by atoms with Gasteiger partial charge in [-0.2, -0.15) is 13.2 Å². The molecule has 12 heteroatoms. The number of piperazine rings is 1. The number of ether oxygens (including phenoxy) is 1. The van der Waals surface area contributed by atoms with Crippen molar-refractivity contribution in [2.45, 2.75) is 39.5 Å². The molecule has 0 bridgehead atoms. The van der Waals surface area contributed by atoms with Crippen LogP contribution in [-0.2, 0) is 17.5 Å². The number of hydrogen-bond acceptors (Lipinski definition) is 7. The molecule has 44 heavy (non-hydrogen) atoms. The largest absolute Gasteiger partial charge is 0.439 e. The first-order valence-corrected chi connectivity index (χ1v) is 14.2. The molecular formula is C32H33F3N6O3. The number of rotatable bonds is 8. The van der Waals surface area contributed by atoms with Gasteiger partial charge >= 0.3 is 6.18 Å². The van der Waals surface area contributed by atoms with Crippen LogP contribution in [0.4, 0.5) is 24.7 Å². The number of hydrogen-bond donors (Lipinski definition) is 2. The Morgan fingerprint density at radius 2 is 1.73 bits per heavy atom. The van der Waals surface area contributed by atoms with Crippen LogP contribution in [0.3, 0.4) is 0 Å². The van der Waals surface area contributed by atoms with E-state index in [0.29, 0.717) is 41.2 Å². The third-order valence-electron chi connectivity index (χ3n) is 7.47. The zero-order valence-corrected chi connectivity index (χ0v) is 24.6. The number of nitrogens with zero attached hydrogens (tertiary/aromatic N) is 4. The fourth-order valence-corrected chi connectivity index (χ4v) is 5.22. The Kier molecular flexibility index (Phi) is 9.12. The first kappa shape index (κ1) is 30.9. The molecule has 0 spiro atoms. The summed E-state index contributed by atoms with van der Waals surface area (Å²) in [6, 6.07) is 16.0. The zero-order chi connectivity index (χ0) is 31.4. The molecule has 3 aromatic carbocycles. The van der Waals surface area contributed by atoms with Gasteiger partial charge in [-0.25, -0.2) is 9.97 Å². The fraction of sp³-hybridized carbons (Fsp3) is 0.312. The Balaban J connectivity index is 1.32. The Morgan fingerprint density at radius 1 is 0.955 bits per heavy atom. The summed E-state index contributed by atoms with van der Waals surface area (Å²) in [4.78, 5) is 37.0. The molecule has 1 aromatic heterocycles. The van der Waals surface area contributed by atoms with Gasteiger partial charge in [0, 0.05) is 63.0 Å². The van der Waals surface area contributed by atoms with Crippen LogP contribution in [0.1, 0.15) is 42.3 Å². The number of aromatic nitrogens is 2. The van der Waals surface area contributed by atoms with Gasteiger partial charge in [0.25, 0.3) is 5.91 Å². The number of halogens is 3. The van der Waals surface area contributed by atoms with Crippen LogP contribution < -0.4 is 15.4 Å². The normalized spacial score (nSPS) is 14.5. The molecule has 1 saturated heterocycles. The van der Waals surface area contributed by atoms with E-state index >= 15 is 0 Å². The SMILES string of the molecule is CC(=O)Nc1cc(Oc2ccc3c(C(=O)Nc4ccc(CN5CCN(C(C)C)CC5)c(C(F)(F)F)c4)cccc3c2)ncn1. The lowest BCUT2D eigenvalue weighted by Gasteiger charge is -2.37. The monoisotopic (exact) mass is 606 g/mol. The van der Waals surface area contributed by atoms with Crippen LogP contribution >= 0.6 is 0 Å². The number of anilines is 2. The Bertz CT molecular complexity index is 1670. The van der Waals surface area contributed by atoms with E-state index in [1.165, 1.54) is 31.5 Å². The lowest BCUT2D eigenvalue weighted by atomic mass is 10.0. The van der Waals surface area contributed by atoms with Crippen molar-refractivity contribution in [2.75, 3.05) is 36.8 Å². The van der Waals surface area contributed by atoms with E-state index in [1.807, 2.05) is 4.90 Å². The highest BCUT2D eigenvalue weighted by Gasteiger charge is 2.34. The minimum Gasteiger partial charge on any atom is -0.439 e. The van der Waals surface area contributed by atoms with Gasteiger partial charge in [-0.15, -0.1) is 0 Å². The van der Waals surface area contributed by atoms with Gasteiger partial charge in [-0.05, 0) is 66.6 Å². The zero-order valence-electron chi connectivity index (χ0n) is 24.6. The van der Waals surface area contributed by atoms with Crippen molar-refractivity contribution >= 4 is 34.1 Å².